The lowest BCUT2D eigenvalue weighted by atomic mass is 10.2. The molecule has 5 nitrogen and oxygen atoms in total. The van der Waals surface area contributed by atoms with Crippen LogP contribution in [-0.2, 0) is 11.3 Å². The van der Waals surface area contributed by atoms with Gasteiger partial charge in [-0.2, -0.15) is 0 Å². The van der Waals surface area contributed by atoms with Gasteiger partial charge in [-0.1, -0.05) is 23.2 Å². The maximum atomic E-state index is 10.7. The van der Waals surface area contributed by atoms with E-state index in [1.54, 1.807) is 0 Å². The number of benzene rings is 1. The molecule has 15 heavy (non-hydrogen) atoms. The molecule has 0 fully saturated rings. The zero-order chi connectivity index (χ0) is 11.6. The van der Waals surface area contributed by atoms with Crippen LogP contribution in [0.4, 0.5) is 5.69 Å². The van der Waals surface area contributed by atoms with E-state index in [0.717, 1.165) is 0 Å². The Kier molecular flexibility index (Phi) is 3.92. The highest BCUT2D eigenvalue weighted by molar-refractivity contribution is 7.80. The minimum atomic E-state index is -2.58. The summed E-state index contributed by atoms with van der Waals surface area (Å²) < 4.78 is 22.6. The molecule has 1 aromatic carbocycles. The monoisotopic (exact) mass is 268 g/mol. The Bertz CT molecular complexity index is 437. The number of halogens is 2. The van der Waals surface area contributed by atoms with E-state index in [-0.39, 0.29) is 21.3 Å². The third-order valence-electron chi connectivity index (χ3n) is 1.50. The predicted octanol–water partition coefficient (Wildman–Crippen LogP) is 1.90. The second kappa shape index (κ2) is 4.80. The first kappa shape index (κ1) is 12.3. The van der Waals surface area contributed by atoms with Gasteiger partial charge in [0.05, 0.1) is 21.3 Å². The summed E-state index contributed by atoms with van der Waals surface area (Å²) in [5.74, 6) is -1.33. The topological polar surface area (TPSA) is 89.5 Å². The zero-order valence-corrected chi connectivity index (χ0v) is 9.32. The van der Waals surface area contributed by atoms with E-state index in [9.17, 15) is 13.6 Å². The molecular formula is C7H4Cl2NO4S-. The molecule has 1 aromatic rings. The summed E-state index contributed by atoms with van der Waals surface area (Å²) in [6, 6.07) is 2.51. The minimum absolute atomic E-state index is 0.0354. The molecule has 2 N–H and O–H groups in total. The Morgan fingerprint density at radius 2 is 2.07 bits per heavy atom. The van der Waals surface area contributed by atoms with Crippen molar-refractivity contribution >= 4 is 46.1 Å². The molecule has 1 atom stereocenters. The van der Waals surface area contributed by atoms with Gasteiger partial charge in [-0.15, -0.1) is 0 Å². The number of nitrogens with one attached hydrogen (secondary N) is 1. The highest BCUT2D eigenvalue weighted by atomic mass is 35.5. The largest absolute Gasteiger partial charge is 0.755 e. The van der Waals surface area contributed by atoms with E-state index < -0.39 is 17.2 Å². The van der Waals surface area contributed by atoms with Gasteiger partial charge in [-0.25, -0.2) is 4.79 Å². The number of anilines is 1. The van der Waals surface area contributed by atoms with Crippen molar-refractivity contribution < 1.29 is 18.7 Å². The van der Waals surface area contributed by atoms with E-state index >= 15 is 0 Å². The maximum absolute atomic E-state index is 10.7. The molecule has 0 saturated heterocycles. The smallest absolute Gasteiger partial charge is 0.338 e. The molecule has 82 valence electrons. The fourth-order valence-electron chi connectivity index (χ4n) is 0.917. The zero-order valence-electron chi connectivity index (χ0n) is 6.99. The lowest BCUT2D eigenvalue weighted by Gasteiger charge is -2.12. The van der Waals surface area contributed by atoms with Crippen molar-refractivity contribution in [3.05, 3.63) is 27.7 Å². The summed E-state index contributed by atoms with van der Waals surface area (Å²) in [4.78, 5) is 10.7. The van der Waals surface area contributed by atoms with E-state index in [1.807, 2.05) is 4.72 Å². The fraction of sp³-hybridized carbons (Fsp3) is 0. The second-order valence-electron chi connectivity index (χ2n) is 2.43. The van der Waals surface area contributed by atoms with Crippen molar-refractivity contribution in [1.82, 2.24) is 0 Å². The molecule has 0 saturated carbocycles. The van der Waals surface area contributed by atoms with E-state index in [0.29, 0.717) is 0 Å². The van der Waals surface area contributed by atoms with Gasteiger partial charge in [0.2, 0.25) is 0 Å². The van der Waals surface area contributed by atoms with Crippen LogP contribution >= 0.6 is 23.2 Å². The van der Waals surface area contributed by atoms with Crippen molar-refractivity contribution in [2.75, 3.05) is 4.72 Å². The van der Waals surface area contributed by atoms with Gasteiger partial charge in [0, 0.05) is 11.3 Å². The third kappa shape index (κ3) is 2.82. The van der Waals surface area contributed by atoms with Gasteiger partial charge >= 0.3 is 5.97 Å². The van der Waals surface area contributed by atoms with Gasteiger partial charge in [-0.05, 0) is 12.1 Å². The number of aromatic carboxylic acids is 1. The summed E-state index contributed by atoms with van der Waals surface area (Å²) in [6.45, 7) is 0. The van der Waals surface area contributed by atoms with Crippen LogP contribution in [0.1, 0.15) is 10.4 Å². The van der Waals surface area contributed by atoms with Crippen LogP contribution in [-0.4, -0.2) is 19.8 Å². The number of hydrogen-bond acceptors (Lipinski definition) is 3. The van der Waals surface area contributed by atoms with Crippen LogP contribution in [0, 0.1) is 0 Å². The van der Waals surface area contributed by atoms with Crippen molar-refractivity contribution in [3.8, 4) is 0 Å². The van der Waals surface area contributed by atoms with Crippen LogP contribution < -0.4 is 4.72 Å². The number of carboxylic acids is 1. The van der Waals surface area contributed by atoms with Crippen LogP contribution in [0.15, 0.2) is 12.1 Å². The number of carboxylic acid groups (broad SMARTS) is 1. The number of carbonyl (C=O) groups is 1. The van der Waals surface area contributed by atoms with Crippen molar-refractivity contribution in [1.29, 1.82) is 0 Å². The first-order valence-corrected chi connectivity index (χ1v) is 5.33. The molecule has 0 radical (unpaired) electrons. The summed E-state index contributed by atoms with van der Waals surface area (Å²) >= 11 is 8.66. The maximum Gasteiger partial charge on any atom is 0.338 e. The van der Waals surface area contributed by atoms with Crippen LogP contribution in [0.3, 0.4) is 0 Å². The molecule has 0 aromatic heterocycles. The summed E-state index contributed by atoms with van der Waals surface area (Å²) in [7, 11) is 0. The normalized spacial score (nSPS) is 12.2. The molecule has 1 rings (SSSR count). The SMILES string of the molecule is O=C(O)c1c(Cl)ccc(NS(=O)[O-])c1Cl. The van der Waals surface area contributed by atoms with Gasteiger partial charge in [0.25, 0.3) is 0 Å². The lowest BCUT2D eigenvalue weighted by Crippen LogP contribution is -2.06. The van der Waals surface area contributed by atoms with Crippen LogP contribution in [0.25, 0.3) is 0 Å². The predicted molar refractivity (Wildman–Crippen MR) is 56.0 cm³/mol. The second-order valence-corrected chi connectivity index (χ2v) is 3.88. The van der Waals surface area contributed by atoms with Crippen molar-refractivity contribution in [2.24, 2.45) is 0 Å². The van der Waals surface area contributed by atoms with Gasteiger partial charge < -0.3 is 14.4 Å². The molecule has 0 amide bonds. The number of rotatable bonds is 3. The third-order valence-corrected chi connectivity index (χ3v) is 2.59. The van der Waals surface area contributed by atoms with Crippen molar-refractivity contribution in [3.63, 3.8) is 0 Å². The Morgan fingerprint density at radius 1 is 1.47 bits per heavy atom. The van der Waals surface area contributed by atoms with Crippen LogP contribution in [0.5, 0.6) is 0 Å². The first-order chi connectivity index (χ1) is 6.93. The number of hydrogen-bond donors (Lipinski definition) is 2. The summed E-state index contributed by atoms with van der Waals surface area (Å²) in [5, 5.41) is 8.44. The van der Waals surface area contributed by atoms with E-state index in [2.05, 4.69) is 0 Å². The highest BCUT2D eigenvalue weighted by Crippen LogP contribution is 2.31. The molecule has 8 heteroatoms. The van der Waals surface area contributed by atoms with Crippen molar-refractivity contribution in [2.45, 2.75) is 0 Å². The van der Waals surface area contributed by atoms with E-state index in [4.69, 9.17) is 28.3 Å². The standard InChI is InChI=1S/C7H5Cl2NO4S/c8-3-1-2-4(10-15(13)14)6(9)5(3)7(11)12/h1-2,10H,(H,11,12)(H,13,14)/p-1. The fourth-order valence-corrected chi connectivity index (χ4v) is 1.90. The van der Waals surface area contributed by atoms with Gasteiger partial charge in [-0.3, -0.25) is 4.21 Å². The van der Waals surface area contributed by atoms with Crippen LogP contribution in [0.2, 0.25) is 10.0 Å². The highest BCUT2D eigenvalue weighted by Gasteiger charge is 2.16. The average molecular weight is 269 g/mol. The molecule has 0 aliphatic carbocycles. The first-order valence-electron chi connectivity index (χ1n) is 3.50. The summed E-state index contributed by atoms with van der Waals surface area (Å²) in [6.07, 6.45) is 0. The quantitative estimate of drug-likeness (QED) is 0.820. The Morgan fingerprint density at radius 3 is 2.53 bits per heavy atom. The Balaban J connectivity index is 3.28. The molecule has 0 heterocycles. The molecular weight excluding hydrogens is 265 g/mol. The average Bonchev–Trinajstić information content (AvgIpc) is 2.09. The lowest BCUT2D eigenvalue weighted by molar-refractivity contribution is 0.0697. The summed E-state index contributed by atoms with van der Waals surface area (Å²) in [5.41, 5.74) is -0.374. The molecule has 0 bridgehead atoms. The Labute approximate surface area is 97.4 Å². The molecule has 0 aliphatic rings. The molecule has 1 unspecified atom stereocenters. The molecule has 0 spiro atoms. The van der Waals surface area contributed by atoms with E-state index in [1.165, 1.54) is 12.1 Å². The Hall–Kier alpha value is -0.820. The molecule has 0 aliphatic heterocycles. The van der Waals surface area contributed by atoms with Gasteiger partial charge in [0.1, 0.15) is 0 Å². The minimum Gasteiger partial charge on any atom is -0.755 e. The van der Waals surface area contributed by atoms with Gasteiger partial charge in [0.15, 0.2) is 0 Å².